The molecule has 0 aromatic heterocycles. The highest BCUT2D eigenvalue weighted by atomic mass is 16.5. The Balaban J connectivity index is 2.00. The Bertz CT molecular complexity index is 410. The van der Waals surface area contributed by atoms with E-state index in [1.165, 1.54) is 12.0 Å². The Hall–Kier alpha value is -1.02. The Morgan fingerprint density at radius 1 is 1.05 bits per heavy atom. The number of nitrogens with two attached hydrogens (primary N) is 1. The molecule has 0 aliphatic heterocycles. The normalized spacial score (nSPS) is 27.1. The Morgan fingerprint density at radius 3 is 2.25 bits per heavy atom. The second kappa shape index (κ2) is 6.62. The number of hydrogen-bond donors (Lipinski definition) is 1. The molecule has 3 atom stereocenters. The van der Waals surface area contributed by atoms with E-state index in [0.29, 0.717) is 5.92 Å². The Morgan fingerprint density at radius 2 is 1.70 bits per heavy atom. The minimum atomic E-state index is 0.168. The maximum Gasteiger partial charge on any atom is 0.119 e. The summed E-state index contributed by atoms with van der Waals surface area (Å²) < 4.78 is 6.16. The van der Waals surface area contributed by atoms with Gasteiger partial charge < -0.3 is 10.5 Å². The third-order valence-corrected chi connectivity index (χ3v) is 4.66. The van der Waals surface area contributed by atoms with Gasteiger partial charge in [-0.2, -0.15) is 0 Å². The molecule has 1 saturated carbocycles. The summed E-state index contributed by atoms with van der Waals surface area (Å²) in [6.45, 7) is 9.02. The molecule has 1 aliphatic rings. The second-order valence-corrected chi connectivity index (χ2v) is 6.86. The molecule has 112 valence electrons. The van der Waals surface area contributed by atoms with Gasteiger partial charge in [0.2, 0.25) is 0 Å². The molecule has 0 spiro atoms. The van der Waals surface area contributed by atoms with Crippen molar-refractivity contribution >= 4 is 0 Å². The molecule has 0 bridgehead atoms. The predicted molar refractivity (Wildman–Crippen MR) is 85.1 cm³/mol. The van der Waals surface area contributed by atoms with Gasteiger partial charge in [-0.1, -0.05) is 39.8 Å². The van der Waals surface area contributed by atoms with Crippen molar-refractivity contribution in [3.8, 4) is 5.75 Å². The van der Waals surface area contributed by atoms with Crippen LogP contribution in [0, 0.1) is 11.8 Å². The monoisotopic (exact) mass is 275 g/mol. The molecule has 1 fully saturated rings. The van der Waals surface area contributed by atoms with Crippen molar-refractivity contribution in [2.45, 2.75) is 65.0 Å². The van der Waals surface area contributed by atoms with E-state index in [4.69, 9.17) is 10.5 Å². The first-order chi connectivity index (χ1) is 9.47. The summed E-state index contributed by atoms with van der Waals surface area (Å²) in [6.07, 6.45) is 3.58. The molecule has 2 nitrogen and oxygen atoms in total. The zero-order valence-electron chi connectivity index (χ0n) is 13.3. The van der Waals surface area contributed by atoms with Crippen molar-refractivity contribution < 1.29 is 4.74 Å². The second-order valence-electron chi connectivity index (χ2n) is 6.86. The third kappa shape index (κ3) is 3.76. The van der Waals surface area contributed by atoms with Crippen LogP contribution in [-0.4, -0.2) is 12.1 Å². The maximum absolute atomic E-state index is 6.24. The summed E-state index contributed by atoms with van der Waals surface area (Å²) in [4.78, 5) is 0. The molecular weight excluding hydrogens is 246 g/mol. The molecule has 1 aromatic rings. The minimum absolute atomic E-state index is 0.168. The number of rotatable bonds is 4. The summed E-state index contributed by atoms with van der Waals surface area (Å²) in [5.74, 6) is 2.98. The van der Waals surface area contributed by atoms with Crippen LogP contribution in [0.15, 0.2) is 24.3 Å². The quantitative estimate of drug-likeness (QED) is 0.887. The van der Waals surface area contributed by atoms with E-state index in [9.17, 15) is 0 Å². The lowest BCUT2D eigenvalue weighted by molar-refractivity contribution is 0.0867. The zero-order valence-corrected chi connectivity index (χ0v) is 13.3. The highest BCUT2D eigenvalue weighted by molar-refractivity contribution is 5.29. The topological polar surface area (TPSA) is 35.2 Å². The summed E-state index contributed by atoms with van der Waals surface area (Å²) >= 11 is 0. The fraction of sp³-hybridized carbons (Fsp3) is 0.667. The minimum Gasteiger partial charge on any atom is -0.489 e. The van der Waals surface area contributed by atoms with Crippen molar-refractivity contribution in [3.63, 3.8) is 0 Å². The van der Waals surface area contributed by atoms with Crippen LogP contribution in [0.4, 0.5) is 0 Å². The van der Waals surface area contributed by atoms with Crippen LogP contribution in [0.25, 0.3) is 0 Å². The van der Waals surface area contributed by atoms with Gasteiger partial charge in [0.25, 0.3) is 0 Å². The molecule has 0 saturated heterocycles. The molecule has 2 rings (SSSR count). The fourth-order valence-electron chi connectivity index (χ4n) is 3.03. The highest BCUT2D eigenvalue weighted by Crippen LogP contribution is 2.32. The summed E-state index contributed by atoms with van der Waals surface area (Å²) in [6, 6.07) is 8.67. The van der Waals surface area contributed by atoms with E-state index < -0.39 is 0 Å². The van der Waals surface area contributed by atoms with Crippen molar-refractivity contribution in [2.24, 2.45) is 17.6 Å². The molecule has 3 unspecified atom stereocenters. The molecule has 0 radical (unpaired) electrons. The van der Waals surface area contributed by atoms with Crippen molar-refractivity contribution in [1.82, 2.24) is 0 Å². The smallest absolute Gasteiger partial charge is 0.119 e. The van der Waals surface area contributed by atoms with E-state index in [-0.39, 0.29) is 12.1 Å². The van der Waals surface area contributed by atoms with Crippen molar-refractivity contribution in [1.29, 1.82) is 0 Å². The highest BCUT2D eigenvalue weighted by Gasteiger charge is 2.31. The molecule has 2 N–H and O–H groups in total. The number of benzene rings is 1. The van der Waals surface area contributed by atoms with Crippen molar-refractivity contribution in [2.75, 3.05) is 0 Å². The molecule has 1 aromatic carbocycles. The Labute approximate surface area is 123 Å². The van der Waals surface area contributed by atoms with Gasteiger partial charge in [-0.3, -0.25) is 0 Å². The predicted octanol–water partition coefficient (Wildman–Crippen LogP) is 4.34. The van der Waals surface area contributed by atoms with E-state index in [1.807, 2.05) is 0 Å². The molecule has 1 aliphatic carbocycles. The number of hydrogen-bond acceptors (Lipinski definition) is 2. The van der Waals surface area contributed by atoms with Gasteiger partial charge >= 0.3 is 0 Å². The first kappa shape index (κ1) is 15.4. The zero-order chi connectivity index (χ0) is 14.7. The lowest BCUT2D eigenvalue weighted by Crippen LogP contribution is -2.44. The van der Waals surface area contributed by atoms with Crippen LogP contribution in [-0.2, 0) is 0 Å². The van der Waals surface area contributed by atoms with E-state index in [2.05, 4.69) is 52.0 Å². The summed E-state index contributed by atoms with van der Waals surface area (Å²) in [5, 5.41) is 0. The fourth-order valence-corrected chi connectivity index (χ4v) is 3.03. The third-order valence-electron chi connectivity index (χ3n) is 4.66. The van der Waals surface area contributed by atoms with Gasteiger partial charge in [0.05, 0.1) is 0 Å². The summed E-state index contributed by atoms with van der Waals surface area (Å²) in [7, 11) is 0. The van der Waals surface area contributed by atoms with Gasteiger partial charge in [0.15, 0.2) is 0 Å². The van der Waals surface area contributed by atoms with E-state index in [1.54, 1.807) is 0 Å². The first-order valence-corrected chi connectivity index (χ1v) is 7.99. The average molecular weight is 275 g/mol. The molecule has 2 heteroatoms. The van der Waals surface area contributed by atoms with Crippen molar-refractivity contribution in [3.05, 3.63) is 29.8 Å². The summed E-state index contributed by atoms with van der Waals surface area (Å²) in [5.41, 5.74) is 7.59. The van der Waals surface area contributed by atoms with Gasteiger partial charge in [-0.05, 0) is 54.7 Å². The SMILES string of the molecule is CC(C)c1ccc(OC2CC(C(C)C)CCC2N)cc1. The molecule has 0 amide bonds. The maximum atomic E-state index is 6.24. The van der Waals surface area contributed by atoms with Crippen LogP contribution in [0.2, 0.25) is 0 Å². The Kier molecular flexibility index (Phi) is 5.09. The van der Waals surface area contributed by atoms with Gasteiger partial charge in [0.1, 0.15) is 11.9 Å². The largest absolute Gasteiger partial charge is 0.489 e. The molecule has 0 heterocycles. The van der Waals surface area contributed by atoms with Crippen LogP contribution < -0.4 is 10.5 Å². The van der Waals surface area contributed by atoms with Gasteiger partial charge in [-0.15, -0.1) is 0 Å². The van der Waals surface area contributed by atoms with E-state index in [0.717, 1.165) is 30.4 Å². The average Bonchev–Trinajstić information content (AvgIpc) is 2.41. The lowest BCUT2D eigenvalue weighted by Gasteiger charge is -2.36. The number of ether oxygens (including phenoxy) is 1. The van der Waals surface area contributed by atoms with Gasteiger partial charge in [-0.25, -0.2) is 0 Å². The van der Waals surface area contributed by atoms with Crippen LogP contribution in [0.1, 0.15) is 58.4 Å². The van der Waals surface area contributed by atoms with Gasteiger partial charge in [0, 0.05) is 6.04 Å². The molecule has 20 heavy (non-hydrogen) atoms. The van der Waals surface area contributed by atoms with Crippen LogP contribution in [0.3, 0.4) is 0 Å². The standard InChI is InChI=1S/C18H29NO/c1-12(2)14-5-8-16(9-6-14)20-18-11-15(13(3)4)7-10-17(18)19/h5-6,8-9,12-13,15,17-18H,7,10-11,19H2,1-4H3. The van der Waals surface area contributed by atoms with Crippen LogP contribution in [0.5, 0.6) is 5.75 Å². The van der Waals surface area contributed by atoms with Crippen LogP contribution >= 0.6 is 0 Å². The first-order valence-electron chi connectivity index (χ1n) is 7.99. The van der Waals surface area contributed by atoms with E-state index >= 15 is 0 Å². The lowest BCUT2D eigenvalue weighted by atomic mass is 9.78. The molecular formula is C18H29NO.